The molecule has 5 nitrogen and oxygen atoms in total. The van der Waals surface area contributed by atoms with Gasteiger partial charge in [0.1, 0.15) is 11.3 Å². The monoisotopic (exact) mass is 332 g/mol. The van der Waals surface area contributed by atoms with Gasteiger partial charge in [0, 0.05) is 7.05 Å². The first kappa shape index (κ1) is 15.2. The summed E-state index contributed by atoms with van der Waals surface area (Å²) in [6, 6.07) is 21.4. The third-order valence-corrected chi connectivity index (χ3v) is 4.03. The minimum atomic E-state index is -0.236. The van der Waals surface area contributed by atoms with Gasteiger partial charge in [-0.2, -0.15) is 4.98 Å². The largest absolute Gasteiger partial charge is 0.484 e. The van der Waals surface area contributed by atoms with Gasteiger partial charge in [0.05, 0.1) is 0 Å². The first-order valence-electron chi connectivity index (χ1n) is 7.94. The van der Waals surface area contributed by atoms with Gasteiger partial charge in [0.2, 0.25) is 0 Å². The van der Waals surface area contributed by atoms with Crippen LogP contribution in [0.5, 0.6) is 5.75 Å². The van der Waals surface area contributed by atoms with Gasteiger partial charge in [-0.05, 0) is 35.0 Å². The van der Waals surface area contributed by atoms with Crippen molar-refractivity contribution in [1.29, 1.82) is 0 Å². The molecule has 0 fully saturated rings. The topological polar surface area (TPSA) is 55.6 Å². The number of fused-ring (bicyclic) bond motifs is 2. The Kier molecular flexibility index (Phi) is 3.82. The molecular formula is C20H16N2O3. The number of ether oxygens (including phenoxy) is 1. The van der Waals surface area contributed by atoms with E-state index < -0.39 is 0 Å². The number of anilines is 1. The lowest BCUT2D eigenvalue weighted by Crippen LogP contribution is -2.31. The molecule has 0 aliphatic heterocycles. The van der Waals surface area contributed by atoms with E-state index in [0.29, 0.717) is 16.8 Å². The fraction of sp³-hybridized carbons (Fsp3) is 0.100. The first-order valence-corrected chi connectivity index (χ1v) is 7.94. The van der Waals surface area contributed by atoms with Crippen LogP contribution < -0.4 is 9.64 Å². The number of aromatic nitrogens is 1. The van der Waals surface area contributed by atoms with Gasteiger partial charge < -0.3 is 9.15 Å². The molecule has 0 spiro atoms. The van der Waals surface area contributed by atoms with Crippen LogP contribution in [-0.4, -0.2) is 24.5 Å². The van der Waals surface area contributed by atoms with Crippen molar-refractivity contribution in [3.8, 4) is 5.75 Å². The van der Waals surface area contributed by atoms with Crippen molar-refractivity contribution in [2.24, 2.45) is 0 Å². The van der Waals surface area contributed by atoms with Gasteiger partial charge in [-0.3, -0.25) is 9.69 Å². The van der Waals surface area contributed by atoms with Crippen LogP contribution in [0.3, 0.4) is 0 Å². The second kappa shape index (κ2) is 6.28. The number of rotatable bonds is 4. The molecule has 1 aromatic heterocycles. The van der Waals surface area contributed by atoms with E-state index in [0.717, 1.165) is 10.8 Å². The Morgan fingerprint density at radius 3 is 2.64 bits per heavy atom. The number of amides is 1. The predicted molar refractivity (Wildman–Crippen MR) is 96.9 cm³/mol. The Labute approximate surface area is 144 Å². The predicted octanol–water partition coefficient (Wildman–Crippen LogP) is 4.02. The molecule has 4 aromatic rings. The minimum Gasteiger partial charge on any atom is -0.484 e. The molecule has 0 saturated heterocycles. The quantitative estimate of drug-likeness (QED) is 0.566. The van der Waals surface area contributed by atoms with E-state index in [9.17, 15) is 4.79 Å². The molecule has 4 rings (SSSR count). The number of likely N-dealkylation sites (N-methyl/N-ethyl adjacent to an activating group) is 1. The number of hydrogen-bond acceptors (Lipinski definition) is 4. The summed E-state index contributed by atoms with van der Waals surface area (Å²) < 4.78 is 11.2. The summed E-state index contributed by atoms with van der Waals surface area (Å²) in [7, 11) is 1.62. The maximum Gasteiger partial charge on any atom is 0.305 e. The van der Waals surface area contributed by atoms with E-state index >= 15 is 0 Å². The van der Waals surface area contributed by atoms with Gasteiger partial charge >= 0.3 is 6.01 Å². The molecule has 0 N–H and O–H groups in total. The molecule has 0 aliphatic rings. The van der Waals surface area contributed by atoms with Gasteiger partial charge in [-0.1, -0.05) is 42.5 Å². The molecule has 0 saturated carbocycles. The van der Waals surface area contributed by atoms with E-state index in [1.54, 1.807) is 7.05 Å². The van der Waals surface area contributed by atoms with Gasteiger partial charge in [-0.25, -0.2) is 0 Å². The van der Waals surface area contributed by atoms with Crippen molar-refractivity contribution >= 4 is 33.8 Å². The second-order valence-corrected chi connectivity index (χ2v) is 5.71. The van der Waals surface area contributed by atoms with E-state index in [-0.39, 0.29) is 18.5 Å². The molecule has 25 heavy (non-hydrogen) atoms. The number of oxazole rings is 1. The number of carbonyl (C=O) groups excluding carboxylic acids is 1. The zero-order chi connectivity index (χ0) is 17.2. The van der Waals surface area contributed by atoms with E-state index in [1.165, 1.54) is 4.90 Å². The molecule has 124 valence electrons. The summed E-state index contributed by atoms with van der Waals surface area (Å²) in [6.07, 6.45) is 0. The Morgan fingerprint density at radius 1 is 1.04 bits per heavy atom. The first-order chi connectivity index (χ1) is 12.2. The van der Waals surface area contributed by atoms with Crippen molar-refractivity contribution in [1.82, 2.24) is 4.98 Å². The molecule has 5 heteroatoms. The fourth-order valence-corrected chi connectivity index (χ4v) is 2.61. The van der Waals surface area contributed by atoms with Crippen molar-refractivity contribution in [2.75, 3.05) is 18.6 Å². The molecule has 0 aliphatic carbocycles. The summed E-state index contributed by atoms with van der Waals surface area (Å²) in [4.78, 5) is 18.0. The maximum atomic E-state index is 12.4. The second-order valence-electron chi connectivity index (χ2n) is 5.71. The van der Waals surface area contributed by atoms with Crippen LogP contribution >= 0.6 is 0 Å². The van der Waals surface area contributed by atoms with Gasteiger partial charge in [-0.15, -0.1) is 0 Å². The molecule has 1 amide bonds. The highest BCUT2D eigenvalue weighted by atomic mass is 16.5. The van der Waals surface area contributed by atoms with Crippen molar-refractivity contribution < 1.29 is 13.9 Å². The van der Waals surface area contributed by atoms with Crippen LogP contribution in [0, 0.1) is 0 Å². The maximum absolute atomic E-state index is 12.4. The molecular weight excluding hydrogens is 316 g/mol. The standard InChI is InChI=1S/C20H16N2O3/c1-22(20-21-17-8-4-5-9-18(17)25-20)19(23)13-24-16-11-10-14-6-2-3-7-15(14)12-16/h2-12H,13H2,1H3. The van der Waals surface area contributed by atoms with E-state index in [4.69, 9.17) is 9.15 Å². The number of para-hydroxylation sites is 2. The molecule has 0 unspecified atom stereocenters. The lowest BCUT2D eigenvalue weighted by molar-refractivity contribution is -0.120. The van der Waals surface area contributed by atoms with E-state index in [1.807, 2.05) is 66.7 Å². The average molecular weight is 332 g/mol. The van der Waals surface area contributed by atoms with Crippen LogP contribution in [0.25, 0.3) is 21.9 Å². The van der Waals surface area contributed by atoms with Crippen LogP contribution in [0.4, 0.5) is 6.01 Å². The highest BCUT2D eigenvalue weighted by Crippen LogP contribution is 2.22. The van der Waals surface area contributed by atoms with E-state index in [2.05, 4.69) is 4.98 Å². The molecule has 0 atom stereocenters. The third-order valence-electron chi connectivity index (χ3n) is 4.03. The number of benzene rings is 3. The lowest BCUT2D eigenvalue weighted by Gasteiger charge is -2.13. The van der Waals surface area contributed by atoms with Crippen LogP contribution in [0.1, 0.15) is 0 Å². The number of carbonyl (C=O) groups is 1. The Balaban J connectivity index is 1.46. The van der Waals surface area contributed by atoms with Crippen molar-refractivity contribution in [3.05, 3.63) is 66.7 Å². The van der Waals surface area contributed by atoms with Crippen LogP contribution in [0.15, 0.2) is 71.1 Å². The fourth-order valence-electron chi connectivity index (χ4n) is 2.61. The smallest absolute Gasteiger partial charge is 0.305 e. The average Bonchev–Trinajstić information content (AvgIpc) is 3.09. The third kappa shape index (κ3) is 3.04. The summed E-state index contributed by atoms with van der Waals surface area (Å²) in [5, 5.41) is 2.20. The normalized spacial score (nSPS) is 10.9. The van der Waals surface area contributed by atoms with Gasteiger partial charge in [0.25, 0.3) is 5.91 Å². The lowest BCUT2D eigenvalue weighted by atomic mass is 10.1. The minimum absolute atomic E-state index is 0.0897. The summed E-state index contributed by atoms with van der Waals surface area (Å²) in [5.74, 6) is 0.415. The zero-order valence-corrected chi connectivity index (χ0v) is 13.7. The Hall–Kier alpha value is -3.34. The number of nitrogens with zero attached hydrogens (tertiary/aromatic N) is 2. The highest BCUT2D eigenvalue weighted by Gasteiger charge is 2.17. The Bertz CT molecular complexity index is 1020. The summed E-state index contributed by atoms with van der Waals surface area (Å²) in [5.41, 5.74) is 1.36. The van der Waals surface area contributed by atoms with Crippen LogP contribution in [-0.2, 0) is 4.79 Å². The molecule has 3 aromatic carbocycles. The molecule has 0 bridgehead atoms. The highest BCUT2D eigenvalue weighted by molar-refractivity contribution is 5.93. The van der Waals surface area contributed by atoms with Crippen molar-refractivity contribution in [2.45, 2.75) is 0 Å². The van der Waals surface area contributed by atoms with Crippen molar-refractivity contribution in [3.63, 3.8) is 0 Å². The summed E-state index contributed by atoms with van der Waals surface area (Å²) >= 11 is 0. The molecule has 0 radical (unpaired) electrons. The SMILES string of the molecule is CN(C(=O)COc1ccc2ccccc2c1)c1nc2ccccc2o1. The van der Waals surface area contributed by atoms with Crippen LogP contribution in [0.2, 0.25) is 0 Å². The number of hydrogen-bond donors (Lipinski definition) is 0. The molecule has 1 heterocycles. The van der Waals surface area contributed by atoms with Gasteiger partial charge in [0.15, 0.2) is 12.2 Å². The Morgan fingerprint density at radius 2 is 1.80 bits per heavy atom. The zero-order valence-electron chi connectivity index (χ0n) is 13.7. The summed E-state index contributed by atoms with van der Waals surface area (Å²) in [6.45, 7) is -0.0897.